The quantitative estimate of drug-likeness (QED) is 0.786. The molecule has 4 nitrogen and oxygen atoms in total. The van der Waals surface area contributed by atoms with Gasteiger partial charge in [0.05, 0.1) is 12.6 Å². The van der Waals surface area contributed by atoms with Gasteiger partial charge in [-0.3, -0.25) is 0 Å². The van der Waals surface area contributed by atoms with Crippen molar-refractivity contribution < 1.29 is 4.74 Å². The molecular formula is C8H12BrN3OS. The summed E-state index contributed by atoms with van der Waals surface area (Å²) in [5, 5.41) is 9.06. The maximum Gasteiger partial charge on any atom is 0.209 e. The maximum atomic E-state index is 5.47. The molecule has 0 spiro atoms. The summed E-state index contributed by atoms with van der Waals surface area (Å²) in [6, 6.07) is 0.386. The van der Waals surface area contributed by atoms with E-state index in [4.69, 9.17) is 4.74 Å². The van der Waals surface area contributed by atoms with Gasteiger partial charge < -0.3 is 9.64 Å². The second kappa shape index (κ2) is 4.55. The average Bonchev–Trinajstić information content (AvgIpc) is 2.46. The smallest absolute Gasteiger partial charge is 0.209 e. The van der Waals surface area contributed by atoms with E-state index in [1.165, 1.54) is 0 Å². The third-order valence-electron chi connectivity index (χ3n) is 2.21. The van der Waals surface area contributed by atoms with Crippen molar-refractivity contribution in [3.05, 3.63) is 3.92 Å². The number of nitrogens with zero attached hydrogens (tertiary/aromatic N) is 3. The van der Waals surface area contributed by atoms with Crippen LogP contribution in [-0.4, -0.2) is 36.0 Å². The fourth-order valence-electron chi connectivity index (χ4n) is 1.50. The van der Waals surface area contributed by atoms with E-state index in [1.807, 2.05) is 0 Å². The number of ether oxygens (including phenoxy) is 1. The van der Waals surface area contributed by atoms with Crippen molar-refractivity contribution in [3.63, 3.8) is 0 Å². The summed E-state index contributed by atoms with van der Waals surface area (Å²) in [4.78, 5) is 2.26. The van der Waals surface area contributed by atoms with Crippen LogP contribution in [0.15, 0.2) is 3.92 Å². The zero-order valence-electron chi connectivity index (χ0n) is 7.94. The third kappa shape index (κ3) is 2.24. The first-order valence-corrected chi connectivity index (χ1v) is 6.21. The SMILES string of the molecule is CC1COCCCN1c1nnc(Br)s1. The highest BCUT2D eigenvalue weighted by atomic mass is 79.9. The van der Waals surface area contributed by atoms with E-state index in [9.17, 15) is 0 Å². The summed E-state index contributed by atoms with van der Waals surface area (Å²) in [7, 11) is 0. The molecule has 1 unspecified atom stereocenters. The molecule has 0 radical (unpaired) electrons. The standard InChI is InChI=1S/C8H12BrN3OS/c1-6-5-13-4-2-3-12(6)8-11-10-7(9)14-8/h6H,2-5H2,1H3. The molecule has 0 bridgehead atoms. The Morgan fingerprint density at radius 1 is 1.57 bits per heavy atom. The molecule has 0 N–H and O–H groups in total. The molecule has 0 amide bonds. The van der Waals surface area contributed by atoms with Crippen molar-refractivity contribution in [1.82, 2.24) is 10.2 Å². The molecule has 1 fully saturated rings. The van der Waals surface area contributed by atoms with Gasteiger partial charge in [0.15, 0.2) is 3.92 Å². The van der Waals surface area contributed by atoms with Crippen molar-refractivity contribution in [2.45, 2.75) is 19.4 Å². The maximum absolute atomic E-state index is 5.47. The summed E-state index contributed by atoms with van der Waals surface area (Å²) in [6.07, 6.45) is 1.06. The first-order chi connectivity index (χ1) is 6.77. The Bertz CT molecular complexity index is 307. The molecule has 78 valence electrons. The highest BCUT2D eigenvalue weighted by Gasteiger charge is 2.20. The van der Waals surface area contributed by atoms with E-state index < -0.39 is 0 Å². The van der Waals surface area contributed by atoms with Gasteiger partial charge in [0.2, 0.25) is 5.13 Å². The molecule has 1 aromatic heterocycles. The van der Waals surface area contributed by atoms with E-state index in [0.29, 0.717) is 6.04 Å². The lowest BCUT2D eigenvalue weighted by Crippen LogP contribution is -2.34. The predicted molar refractivity (Wildman–Crippen MR) is 59.9 cm³/mol. The van der Waals surface area contributed by atoms with E-state index in [-0.39, 0.29) is 0 Å². The lowest BCUT2D eigenvalue weighted by atomic mass is 10.3. The zero-order valence-corrected chi connectivity index (χ0v) is 10.3. The monoisotopic (exact) mass is 277 g/mol. The molecule has 14 heavy (non-hydrogen) atoms. The molecular weight excluding hydrogens is 266 g/mol. The van der Waals surface area contributed by atoms with Gasteiger partial charge in [0.25, 0.3) is 0 Å². The van der Waals surface area contributed by atoms with E-state index in [2.05, 4.69) is 38.0 Å². The Labute approximate surface area is 95.4 Å². The Balaban J connectivity index is 2.14. The summed E-state index contributed by atoms with van der Waals surface area (Å²) >= 11 is 4.90. The predicted octanol–water partition coefficient (Wildman–Crippen LogP) is 1.92. The van der Waals surface area contributed by atoms with Gasteiger partial charge in [-0.2, -0.15) is 0 Å². The highest BCUT2D eigenvalue weighted by Crippen LogP contribution is 2.26. The minimum atomic E-state index is 0.386. The van der Waals surface area contributed by atoms with Gasteiger partial charge in [-0.1, -0.05) is 11.3 Å². The Morgan fingerprint density at radius 2 is 2.43 bits per heavy atom. The Morgan fingerprint density at radius 3 is 3.14 bits per heavy atom. The normalized spacial score (nSPS) is 23.6. The average molecular weight is 278 g/mol. The number of hydrogen-bond acceptors (Lipinski definition) is 5. The van der Waals surface area contributed by atoms with Gasteiger partial charge in [0.1, 0.15) is 0 Å². The fourth-order valence-corrected chi connectivity index (χ4v) is 2.72. The van der Waals surface area contributed by atoms with Crippen LogP contribution in [0.3, 0.4) is 0 Å². The Hall–Kier alpha value is -0.200. The zero-order chi connectivity index (χ0) is 9.97. The molecule has 1 atom stereocenters. The summed E-state index contributed by atoms with van der Waals surface area (Å²) in [6.45, 7) is 4.78. The van der Waals surface area contributed by atoms with E-state index in [0.717, 1.165) is 35.2 Å². The van der Waals surface area contributed by atoms with Crippen LogP contribution >= 0.6 is 27.3 Å². The van der Waals surface area contributed by atoms with Gasteiger partial charge in [-0.05, 0) is 29.3 Å². The summed E-state index contributed by atoms with van der Waals surface area (Å²) in [5.41, 5.74) is 0. The van der Waals surface area contributed by atoms with Crippen LogP contribution < -0.4 is 4.90 Å². The lowest BCUT2D eigenvalue weighted by Gasteiger charge is -2.24. The third-order valence-corrected chi connectivity index (χ3v) is 3.61. The minimum Gasteiger partial charge on any atom is -0.379 e. The van der Waals surface area contributed by atoms with Crippen molar-refractivity contribution in [2.75, 3.05) is 24.7 Å². The number of rotatable bonds is 1. The lowest BCUT2D eigenvalue weighted by molar-refractivity contribution is 0.137. The highest BCUT2D eigenvalue weighted by molar-refractivity contribution is 9.11. The van der Waals surface area contributed by atoms with Crippen LogP contribution in [0.2, 0.25) is 0 Å². The molecule has 1 saturated heterocycles. The minimum absolute atomic E-state index is 0.386. The topological polar surface area (TPSA) is 38.2 Å². The first kappa shape index (κ1) is 10.3. The van der Waals surface area contributed by atoms with Gasteiger partial charge in [-0.15, -0.1) is 10.2 Å². The molecule has 0 aromatic carbocycles. The first-order valence-electron chi connectivity index (χ1n) is 4.61. The van der Waals surface area contributed by atoms with Crippen molar-refractivity contribution in [1.29, 1.82) is 0 Å². The van der Waals surface area contributed by atoms with E-state index in [1.54, 1.807) is 11.3 Å². The van der Waals surface area contributed by atoms with Gasteiger partial charge in [0, 0.05) is 13.2 Å². The van der Waals surface area contributed by atoms with Crippen LogP contribution in [0, 0.1) is 0 Å². The molecule has 2 heterocycles. The molecule has 1 aliphatic heterocycles. The van der Waals surface area contributed by atoms with Crippen molar-refractivity contribution in [2.24, 2.45) is 0 Å². The van der Waals surface area contributed by atoms with Crippen molar-refractivity contribution >= 4 is 32.4 Å². The number of anilines is 1. The fraction of sp³-hybridized carbons (Fsp3) is 0.750. The van der Waals surface area contributed by atoms with Gasteiger partial charge in [-0.25, -0.2) is 0 Å². The van der Waals surface area contributed by atoms with E-state index >= 15 is 0 Å². The summed E-state index contributed by atoms with van der Waals surface area (Å²) in [5.74, 6) is 0. The number of aromatic nitrogens is 2. The van der Waals surface area contributed by atoms with Crippen LogP contribution in [0.4, 0.5) is 5.13 Å². The molecule has 0 aliphatic carbocycles. The molecule has 1 aromatic rings. The molecule has 2 rings (SSSR count). The molecule has 0 saturated carbocycles. The van der Waals surface area contributed by atoms with Crippen LogP contribution in [0.5, 0.6) is 0 Å². The largest absolute Gasteiger partial charge is 0.379 e. The number of hydrogen-bond donors (Lipinski definition) is 0. The molecule has 1 aliphatic rings. The molecule has 6 heteroatoms. The van der Waals surface area contributed by atoms with Gasteiger partial charge >= 0.3 is 0 Å². The van der Waals surface area contributed by atoms with Crippen molar-refractivity contribution in [3.8, 4) is 0 Å². The van der Waals surface area contributed by atoms with Crippen LogP contribution in [0.1, 0.15) is 13.3 Å². The van der Waals surface area contributed by atoms with Crippen LogP contribution in [0.25, 0.3) is 0 Å². The second-order valence-electron chi connectivity index (χ2n) is 3.31. The summed E-state index contributed by atoms with van der Waals surface area (Å²) < 4.78 is 6.31. The second-order valence-corrected chi connectivity index (χ2v) is 5.54. The van der Waals surface area contributed by atoms with Crippen LogP contribution in [-0.2, 0) is 4.74 Å². The Kier molecular flexibility index (Phi) is 3.35. The number of halogens is 1.